The molecule has 3 aliphatic heterocycles. The standard InChI is InChI=1S/C24H36N4O3/c29-22(8-7-17-4-1-2-5-17)28-12-3-6-21(28)23-25-20-9-13-27(16-19(20)24(30)26-23)18-10-14-31-15-11-18/h17-18,21H,1-16H2,(H,25,26,30)/t21-/m0/s1. The fourth-order valence-corrected chi connectivity index (χ4v) is 6.10. The van der Waals surface area contributed by atoms with Gasteiger partial charge in [0.1, 0.15) is 5.82 Å². The second-order valence-corrected chi connectivity index (χ2v) is 9.87. The molecule has 1 aromatic rings. The Bertz CT molecular complexity index is 842. The van der Waals surface area contributed by atoms with Gasteiger partial charge in [0.2, 0.25) is 5.91 Å². The van der Waals surface area contributed by atoms with E-state index in [1.54, 1.807) is 0 Å². The molecule has 2 saturated heterocycles. The number of ether oxygens (including phenoxy) is 1. The highest BCUT2D eigenvalue weighted by Crippen LogP contribution is 2.33. The summed E-state index contributed by atoms with van der Waals surface area (Å²) in [4.78, 5) is 38.3. The summed E-state index contributed by atoms with van der Waals surface area (Å²) in [5, 5.41) is 0. The van der Waals surface area contributed by atoms with Crippen molar-refractivity contribution < 1.29 is 9.53 Å². The number of hydrogen-bond donors (Lipinski definition) is 1. The number of carbonyl (C=O) groups excluding carboxylic acids is 1. The van der Waals surface area contributed by atoms with Gasteiger partial charge in [0.05, 0.1) is 17.3 Å². The zero-order valence-electron chi connectivity index (χ0n) is 18.6. The van der Waals surface area contributed by atoms with E-state index in [1.165, 1.54) is 25.7 Å². The van der Waals surface area contributed by atoms with Crippen molar-refractivity contribution in [3.05, 3.63) is 27.4 Å². The highest BCUT2D eigenvalue weighted by molar-refractivity contribution is 5.76. The van der Waals surface area contributed by atoms with Crippen LogP contribution in [0.3, 0.4) is 0 Å². The van der Waals surface area contributed by atoms with Crippen LogP contribution in [0.15, 0.2) is 4.79 Å². The average molecular weight is 429 g/mol. The largest absolute Gasteiger partial charge is 0.381 e. The molecular formula is C24H36N4O3. The van der Waals surface area contributed by atoms with Gasteiger partial charge in [-0.3, -0.25) is 14.5 Å². The molecule has 0 aromatic carbocycles. The maximum absolute atomic E-state index is 13.0. The molecule has 1 aliphatic carbocycles. The molecule has 1 N–H and O–H groups in total. The number of nitrogens with one attached hydrogen (secondary N) is 1. The van der Waals surface area contributed by atoms with Crippen molar-refractivity contribution >= 4 is 5.91 Å². The van der Waals surface area contributed by atoms with Crippen molar-refractivity contribution in [3.63, 3.8) is 0 Å². The molecule has 7 heteroatoms. The molecule has 0 unspecified atom stereocenters. The van der Waals surface area contributed by atoms with Crippen molar-refractivity contribution in [2.24, 2.45) is 5.92 Å². The third kappa shape index (κ3) is 4.58. The summed E-state index contributed by atoms with van der Waals surface area (Å²) in [6.45, 7) is 4.04. The van der Waals surface area contributed by atoms with Crippen LogP contribution in [0.1, 0.15) is 87.3 Å². The molecule has 1 aromatic heterocycles. The van der Waals surface area contributed by atoms with Crippen LogP contribution in [0, 0.1) is 5.92 Å². The number of H-pyrrole nitrogens is 1. The van der Waals surface area contributed by atoms with Gasteiger partial charge in [-0.25, -0.2) is 4.98 Å². The Morgan fingerprint density at radius 3 is 2.68 bits per heavy atom. The summed E-state index contributed by atoms with van der Waals surface area (Å²) in [6, 6.07) is 0.436. The molecule has 4 heterocycles. The maximum atomic E-state index is 13.0. The Balaban J connectivity index is 1.27. The average Bonchev–Trinajstić information content (AvgIpc) is 3.50. The van der Waals surface area contributed by atoms with E-state index in [-0.39, 0.29) is 17.5 Å². The van der Waals surface area contributed by atoms with Crippen molar-refractivity contribution in [2.75, 3.05) is 26.3 Å². The summed E-state index contributed by atoms with van der Waals surface area (Å²) < 4.78 is 5.49. The first-order valence-electron chi connectivity index (χ1n) is 12.4. The second kappa shape index (κ2) is 9.41. The van der Waals surface area contributed by atoms with Crippen LogP contribution in [0.25, 0.3) is 0 Å². The Morgan fingerprint density at radius 1 is 1.06 bits per heavy atom. The minimum atomic E-state index is -0.0670. The molecule has 1 atom stereocenters. The molecule has 1 amide bonds. The predicted octanol–water partition coefficient (Wildman–Crippen LogP) is 2.94. The fourth-order valence-electron chi connectivity index (χ4n) is 6.10. The van der Waals surface area contributed by atoms with E-state index in [0.29, 0.717) is 24.8 Å². The van der Waals surface area contributed by atoms with Crippen LogP contribution in [-0.2, 0) is 22.5 Å². The van der Waals surface area contributed by atoms with Crippen LogP contribution in [-0.4, -0.2) is 58.0 Å². The first-order chi connectivity index (χ1) is 15.2. The Kier molecular flexibility index (Phi) is 6.41. The second-order valence-electron chi connectivity index (χ2n) is 9.87. The topological polar surface area (TPSA) is 78.5 Å². The maximum Gasteiger partial charge on any atom is 0.255 e. The lowest BCUT2D eigenvalue weighted by molar-refractivity contribution is -0.132. The molecule has 0 bridgehead atoms. The van der Waals surface area contributed by atoms with E-state index in [2.05, 4.69) is 9.88 Å². The van der Waals surface area contributed by atoms with Crippen molar-refractivity contribution in [1.82, 2.24) is 19.8 Å². The molecule has 1 saturated carbocycles. The van der Waals surface area contributed by atoms with Crippen LogP contribution >= 0.6 is 0 Å². The SMILES string of the molecule is O=C(CCC1CCCC1)N1CCC[C@H]1c1nc2c(c(=O)[nH]1)CN(C1CCOCC1)CC2. The van der Waals surface area contributed by atoms with Gasteiger partial charge in [-0.15, -0.1) is 0 Å². The Morgan fingerprint density at radius 2 is 1.87 bits per heavy atom. The third-order valence-corrected chi connectivity index (χ3v) is 7.95. The lowest BCUT2D eigenvalue weighted by atomic mass is 10.0. The van der Waals surface area contributed by atoms with Crippen molar-refractivity contribution in [2.45, 2.75) is 89.3 Å². The number of amides is 1. The monoisotopic (exact) mass is 428 g/mol. The van der Waals surface area contributed by atoms with Gasteiger partial charge >= 0.3 is 0 Å². The van der Waals surface area contributed by atoms with Gasteiger partial charge in [0.15, 0.2) is 0 Å². The lowest BCUT2D eigenvalue weighted by Crippen LogP contribution is -2.44. The fraction of sp³-hybridized carbons (Fsp3) is 0.792. The first-order valence-corrected chi connectivity index (χ1v) is 12.4. The minimum Gasteiger partial charge on any atom is -0.381 e. The van der Waals surface area contributed by atoms with Gasteiger partial charge in [0.25, 0.3) is 5.56 Å². The normalized spacial score (nSPS) is 25.8. The molecule has 31 heavy (non-hydrogen) atoms. The van der Waals surface area contributed by atoms with E-state index in [9.17, 15) is 9.59 Å². The van der Waals surface area contributed by atoms with E-state index in [4.69, 9.17) is 9.72 Å². The molecule has 3 fully saturated rings. The summed E-state index contributed by atoms with van der Waals surface area (Å²) in [7, 11) is 0. The summed E-state index contributed by atoms with van der Waals surface area (Å²) >= 11 is 0. The minimum absolute atomic E-state index is 0.0120. The van der Waals surface area contributed by atoms with Gasteiger partial charge in [-0.1, -0.05) is 25.7 Å². The van der Waals surface area contributed by atoms with E-state index < -0.39 is 0 Å². The number of carbonyl (C=O) groups is 1. The highest BCUT2D eigenvalue weighted by atomic mass is 16.5. The van der Waals surface area contributed by atoms with Gasteiger partial charge in [0, 0.05) is 51.7 Å². The smallest absolute Gasteiger partial charge is 0.255 e. The van der Waals surface area contributed by atoms with Crippen LogP contribution in [0.2, 0.25) is 0 Å². The summed E-state index contributed by atoms with van der Waals surface area (Å²) in [5.41, 5.74) is 1.74. The van der Waals surface area contributed by atoms with Gasteiger partial charge in [-0.2, -0.15) is 0 Å². The van der Waals surface area contributed by atoms with Crippen LogP contribution in [0.4, 0.5) is 0 Å². The number of fused-ring (bicyclic) bond motifs is 1. The summed E-state index contributed by atoms with van der Waals surface area (Å²) in [6.07, 6.45) is 11.6. The first kappa shape index (κ1) is 21.1. The number of rotatable bonds is 5. The van der Waals surface area contributed by atoms with E-state index in [1.807, 2.05) is 4.90 Å². The predicted molar refractivity (Wildman–Crippen MR) is 118 cm³/mol. The van der Waals surface area contributed by atoms with Crippen LogP contribution in [0.5, 0.6) is 0 Å². The van der Waals surface area contributed by atoms with Gasteiger partial charge < -0.3 is 14.6 Å². The number of aromatic nitrogens is 2. The molecule has 0 spiro atoms. The zero-order chi connectivity index (χ0) is 21.2. The molecule has 0 radical (unpaired) electrons. The quantitative estimate of drug-likeness (QED) is 0.780. The number of aromatic amines is 1. The molecule has 7 nitrogen and oxygen atoms in total. The van der Waals surface area contributed by atoms with E-state index >= 15 is 0 Å². The number of likely N-dealkylation sites (tertiary alicyclic amines) is 1. The Labute approximate surface area is 184 Å². The van der Waals surface area contributed by atoms with E-state index in [0.717, 1.165) is 82.0 Å². The van der Waals surface area contributed by atoms with Crippen molar-refractivity contribution in [3.8, 4) is 0 Å². The Hall–Kier alpha value is -1.73. The number of nitrogens with zero attached hydrogens (tertiary/aromatic N) is 3. The third-order valence-electron chi connectivity index (χ3n) is 7.95. The van der Waals surface area contributed by atoms with Crippen molar-refractivity contribution in [1.29, 1.82) is 0 Å². The van der Waals surface area contributed by atoms with Gasteiger partial charge in [-0.05, 0) is 38.0 Å². The lowest BCUT2D eigenvalue weighted by Gasteiger charge is -2.37. The highest BCUT2D eigenvalue weighted by Gasteiger charge is 2.34. The summed E-state index contributed by atoms with van der Waals surface area (Å²) in [5.74, 6) is 1.67. The molecule has 170 valence electrons. The molecule has 4 aliphatic rings. The van der Waals surface area contributed by atoms with Crippen LogP contribution < -0.4 is 5.56 Å². The molecular weight excluding hydrogens is 392 g/mol. The molecule has 5 rings (SSSR count). The number of hydrogen-bond acceptors (Lipinski definition) is 5. The zero-order valence-corrected chi connectivity index (χ0v) is 18.6.